The van der Waals surface area contributed by atoms with Crippen molar-refractivity contribution in [2.45, 2.75) is 25.9 Å². The lowest BCUT2D eigenvalue weighted by Gasteiger charge is -2.16. The second-order valence-electron chi connectivity index (χ2n) is 5.49. The van der Waals surface area contributed by atoms with E-state index in [9.17, 15) is 4.79 Å². The minimum absolute atomic E-state index is 0.0930. The normalized spacial score (nSPS) is 19.0. The lowest BCUT2D eigenvalue weighted by Crippen LogP contribution is -2.22. The van der Waals surface area contributed by atoms with Crippen LogP contribution in [0.4, 0.5) is 5.82 Å². The number of amides is 1. The molecule has 1 atom stereocenters. The number of anilines is 1. The molecule has 0 spiro atoms. The fourth-order valence-corrected chi connectivity index (χ4v) is 2.75. The Kier molecular flexibility index (Phi) is 3.74. The zero-order chi connectivity index (χ0) is 14.8. The third kappa shape index (κ3) is 3.13. The van der Waals surface area contributed by atoms with Gasteiger partial charge in [0.2, 0.25) is 5.91 Å². The Labute approximate surface area is 123 Å². The summed E-state index contributed by atoms with van der Waals surface area (Å²) in [4.78, 5) is 13.4. The summed E-state index contributed by atoms with van der Waals surface area (Å²) in [5.74, 6) is 0.525. The Morgan fingerprint density at radius 1 is 1.48 bits per heavy atom. The van der Waals surface area contributed by atoms with Crippen LogP contribution in [0.15, 0.2) is 24.5 Å². The van der Waals surface area contributed by atoms with Crippen LogP contribution in [0.25, 0.3) is 0 Å². The molecule has 7 heteroatoms. The molecule has 1 saturated heterocycles. The third-order valence-electron chi connectivity index (χ3n) is 3.84. The number of aryl methyl sites for hydroxylation is 1. The van der Waals surface area contributed by atoms with E-state index in [-0.39, 0.29) is 5.91 Å². The zero-order valence-electron chi connectivity index (χ0n) is 12.4. The molecule has 21 heavy (non-hydrogen) atoms. The number of nitrogens with zero attached hydrogens (tertiary/aromatic N) is 5. The molecule has 112 valence electrons. The molecule has 1 N–H and O–H groups in total. The highest BCUT2D eigenvalue weighted by Crippen LogP contribution is 2.23. The minimum atomic E-state index is -0.0930. The van der Waals surface area contributed by atoms with E-state index in [0.29, 0.717) is 11.9 Å². The van der Waals surface area contributed by atoms with Gasteiger partial charge in [-0.15, -0.1) is 0 Å². The number of nitrogens with one attached hydrogen (secondary N) is 1. The van der Waals surface area contributed by atoms with E-state index in [1.807, 2.05) is 34.9 Å². The molecule has 3 heterocycles. The first-order chi connectivity index (χ1) is 10.1. The van der Waals surface area contributed by atoms with E-state index in [0.717, 1.165) is 26.1 Å². The SMILES string of the molecule is CC(=O)Nc1ccn(C2CCN(Cc3ccnn3C)C2)n1. The summed E-state index contributed by atoms with van der Waals surface area (Å²) in [5, 5.41) is 11.3. The molecule has 3 rings (SSSR count). The first-order valence-electron chi connectivity index (χ1n) is 7.14. The standard InChI is InChI=1S/C14H20N6O/c1-11(21)16-14-5-8-20(17-14)13-4-7-19(10-13)9-12-3-6-15-18(12)2/h3,5-6,8,13H,4,7,9-10H2,1-2H3,(H,16,17,21). The molecule has 1 fully saturated rings. The molecule has 2 aromatic rings. The lowest BCUT2D eigenvalue weighted by molar-refractivity contribution is -0.114. The lowest BCUT2D eigenvalue weighted by atomic mass is 10.3. The molecular formula is C14H20N6O. The average molecular weight is 288 g/mol. The van der Waals surface area contributed by atoms with Crippen molar-refractivity contribution >= 4 is 11.7 Å². The summed E-state index contributed by atoms with van der Waals surface area (Å²) in [6.07, 6.45) is 4.83. The van der Waals surface area contributed by atoms with Gasteiger partial charge in [-0.2, -0.15) is 10.2 Å². The topological polar surface area (TPSA) is 68.0 Å². The van der Waals surface area contributed by atoms with E-state index >= 15 is 0 Å². The number of rotatable bonds is 4. The monoisotopic (exact) mass is 288 g/mol. The number of aromatic nitrogens is 4. The number of carbonyl (C=O) groups excluding carboxylic acids is 1. The van der Waals surface area contributed by atoms with Crippen molar-refractivity contribution < 1.29 is 4.79 Å². The highest BCUT2D eigenvalue weighted by atomic mass is 16.1. The highest BCUT2D eigenvalue weighted by Gasteiger charge is 2.25. The summed E-state index contributed by atoms with van der Waals surface area (Å²) in [5.41, 5.74) is 1.22. The van der Waals surface area contributed by atoms with E-state index in [1.165, 1.54) is 12.6 Å². The van der Waals surface area contributed by atoms with Crippen LogP contribution in [0.5, 0.6) is 0 Å². The molecule has 7 nitrogen and oxygen atoms in total. The smallest absolute Gasteiger partial charge is 0.222 e. The van der Waals surface area contributed by atoms with Crippen molar-refractivity contribution in [2.24, 2.45) is 7.05 Å². The van der Waals surface area contributed by atoms with E-state index < -0.39 is 0 Å². The van der Waals surface area contributed by atoms with Gasteiger partial charge >= 0.3 is 0 Å². The van der Waals surface area contributed by atoms with Gasteiger partial charge in [0, 0.05) is 52.1 Å². The van der Waals surface area contributed by atoms with Gasteiger partial charge in [0.15, 0.2) is 5.82 Å². The Morgan fingerprint density at radius 2 is 2.33 bits per heavy atom. The van der Waals surface area contributed by atoms with Gasteiger partial charge in [-0.05, 0) is 12.5 Å². The molecule has 0 bridgehead atoms. The molecule has 0 saturated carbocycles. The minimum Gasteiger partial charge on any atom is -0.309 e. The Hall–Kier alpha value is -2.15. The highest BCUT2D eigenvalue weighted by molar-refractivity contribution is 5.87. The zero-order valence-corrected chi connectivity index (χ0v) is 12.4. The van der Waals surface area contributed by atoms with Crippen molar-refractivity contribution in [3.63, 3.8) is 0 Å². The van der Waals surface area contributed by atoms with Crippen LogP contribution in [-0.2, 0) is 18.4 Å². The number of hydrogen-bond acceptors (Lipinski definition) is 4. The first-order valence-corrected chi connectivity index (χ1v) is 7.14. The van der Waals surface area contributed by atoms with Crippen molar-refractivity contribution in [3.05, 3.63) is 30.2 Å². The fraction of sp³-hybridized carbons (Fsp3) is 0.500. The molecule has 0 radical (unpaired) electrons. The quantitative estimate of drug-likeness (QED) is 0.912. The van der Waals surface area contributed by atoms with Crippen LogP contribution in [0, 0.1) is 0 Å². The van der Waals surface area contributed by atoms with Crippen LogP contribution >= 0.6 is 0 Å². The summed E-state index contributed by atoms with van der Waals surface area (Å²) in [7, 11) is 1.97. The predicted molar refractivity (Wildman–Crippen MR) is 78.7 cm³/mol. The van der Waals surface area contributed by atoms with E-state index in [4.69, 9.17) is 0 Å². The summed E-state index contributed by atoms with van der Waals surface area (Å²) < 4.78 is 3.87. The largest absolute Gasteiger partial charge is 0.309 e. The van der Waals surface area contributed by atoms with Crippen LogP contribution in [0.1, 0.15) is 25.1 Å². The molecule has 1 aliphatic rings. The second kappa shape index (κ2) is 5.69. The van der Waals surface area contributed by atoms with Gasteiger partial charge in [0.25, 0.3) is 0 Å². The van der Waals surface area contributed by atoms with Crippen LogP contribution in [0.3, 0.4) is 0 Å². The number of carbonyl (C=O) groups is 1. The van der Waals surface area contributed by atoms with Crippen molar-refractivity contribution in [2.75, 3.05) is 18.4 Å². The molecule has 2 aromatic heterocycles. The molecular weight excluding hydrogens is 268 g/mol. The molecule has 0 aliphatic carbocycles. The van der Waals surface area contributed by atoms with Crippen LogP contribution in [0.2, 0.25) is 0 Å². The molecule has 0 aromatic carbocycles. The van der Waals surface area contributed by atoms with E-state index in [1.54, 1.807) is 0 Å². The summed E-state index contributed by atoms with van der Waals surface area (Å²) in [6, 6.07) is 4.25. The number of hydrogen-bond donors (Lipinski definition) is 1. The summed E-state index contributed by atoms with van der Waals surface area (Å²) >= 11 is 0. The molecule has 1 unspecified atom stereocenters. The van der Waals surface area contributed by atoms with Gasteiger partial charge in [-0.25, -0.2) is 0 Å². The van der Waals surface area contributed by atoms with Crippen molar-refractivity contribution in [1.82, 2.24) is 24.5 Å². The van der Waals surface area contributed by atoms with Gasteiger partial charge < -0.3 is 5.32 Å². The maximum absolute atomic E-state index is 11.0. The number of likely N-dealkylation sites (tertiary alicyclic amines) is 1. The van der Waals surface area contributed by atoms with Crippen molar-refractivity contribution in [3.8, 4) is 0 Å². The first kappa shape index (κ1) is 13.8. The van der Waals surface area contributed by atoms with Crippen LogP contribution < -0.4 is 5.32 Å². The second-order valence-corrected chi connectivity index (χ2v) is 5.49. The molecule has 1 amide bonds. The Balaban J connectivity index is 1.60. The predicted octanol–water partition coefficient (Wildman–Crippen LogP) is 1.02. The van der Waals surface area contributed by atoms with Gasteiger partial charge in [-0.1, -0.05) is 0 Å². The Bertz CT molecular complexity index is 631. The van der Waals surface area contributed by atoms with Crippen LogP contribution in [-0.4, -0.2) is 43.5 Å². The van der Waals surface area contributed by atoms with Gasteiger partial charge in [-0.3, -0.25) is 19.1 Å². The van der Waals surface area contributed by atoms with E-state index in [2.05, 4.69) is 26.5 Å². The molecule has 1 aliphatic heterocycles. The van der Waals surface area contributed by atoms with Gasteiger partial charge in [0.1, 0.15) is 0 Å². The van der Waals surface area contributed by atoms with Crippen molar-refractivity contribution in [1.29, 1.82) is 0 Å². The fourth-order valence-electron chi connectivity index (χ4n) is 2.75. The van der Waals surface area contributed by atoms with Gasteiger partial charge in [0.05, 0.1) is 11.7 Å². The maximum atomic E-state index is 11.0. The maximum Gasteiger partial charge on any atom is 0.222 e. The third-order valence-corrected chi connectivity index (χ3v) is 3.84. The summed E-state index contributed by atoms with van der Waals surface area (Å²) in [6.45, 7) is 4.41. The Morgan fingerprint density at radius 3 is 3.05 bits per heavy atom. The average Bonchev–Trinajstić information content (AvgIpc) is 3.12.